The van der Waals surface area contributed by atoms with Crippen LogP contribution >= 0.6 is 11.3 Å². The Kier molecular flexibility index (Phi) is 9.50. The minimum absolute atomic E-state index is 0.180. The zero-order chi connectivity index (χ0) is 24.2. The van der Waals surface area contributed by atoms with Crippen LogP contribution in [-0.4, -0.2) is 56.9 Å². The lowest BCUT2D eigenvalue weighted by molar-refractivity contribution is -0.122. The summed E-state index contributed by atoms with van der Waals surface area (Å²) in [6.07, 6.45) is 2.28. The second-order valence-corrected chi connectivity index (χ2v) is 7.99. The monoisotopic (exact) mass is 482 g/mol. The molecule has 0 spiro atoms. The average molecular weight is 483 g/mol. The lowest BCUT2D eigenvalue weighted by Crippen LogP contribution is -2.09. The van der Waals surface area contributed by atoms with Gasteiger partial charge in [-0.05, 0) is 24.5 Å². The van der Waals surface area contributed by atoms with Gasteiger partial charge >= 0.3 is 0 Å². The minimum Gasteiger partial charge on any atom is -0.483 e. The number of hydrogen-bond acceptors (Lipinski definition) is 10. The molecule has 3 heterocycles. The molecular weight excluding hydrogens is 456 g/mol. The molecule has 0 fully saturated rings. The number of carbonyl (C=O) groups is 1. The van der Waals surface area contributed by atoms with E-state index in [4.69, 9.17) is 19.7 Å². The number of carboxylic acid groups (broad SMARTS) is 1. The topological polar surface area (TPSA) is 142 Å². The Bertz CT molecular complexity index is 1190. The number of aromatic nitrogens is 4. The Balaban J connectivity index is 0.00000103. The number of aliphatic hydroxyl groups excluding tert-OH is 1. The van der Waals surface area contributed by atoms with Gasteiger partial charge in [0.15, 0.2) is 5.13 Å². The first-order valence-corrected chi connectivity index (χ1v) is 11.4. The van der Waals surface area contributed by atoms with E-state index in [0.29, 0.717) is 35.7 Å². The Hall–Kier alpha value is -3.83. The number of hydrogen-bond donors (Lipinski definition) is 4. The van der Waals surface area contributed by atoms with Gasteiger partial charge in [0.05, 0.1) is 12.8 Å². The molecule has 4 N–H and O–H groups in total. The van der Waals surface area contributed by atoms with Crippen molar-refractivity contribution < 1.29 is 19.7 Å². The van der Waals surface area contributed by atoms with Crippen molar-refractivity contribution in [2.24, 2.45) is 0 Å². The normalized spacial score (nSPS) is 10.3. The van der Waals surface area contributed by atoms with Gasteiger partial charge in [0.2, 0.25) is 11.8 Å². The molecule has 1 aromatic carbocycles. The van der Waals surface area contributed by atoms with Crippen LogP contribution in [0.5, 0.6) is 5.88 Å². The van der Waals surface area contributed by atoms with Crippen LogP contribution < -0.4 is 15.4 Å². The molecule has 34 heavy (non-hydrogen) atoms. The lowest BCUT2D eigenvalue weighted by Gasteiger charge is -2.10. The van der Waals surface area contributed by atoms with E-state index >= 15 is 0 Å². The van der Waals surface area contributed by atoms with Gasteiger partial charge < -0.3 is 25.6 Å². The van der Waals surface area contributed by atoms with Gasteiger partial charge in [-0.25, -0.2) is 15.0 Å². The fourth-order valence-electron chi connectivity index (χ4n) is 3.05. The highest BCUT2D eigenvalue weighted by molar-refractivity contribution is 7.21. The number of unbranched alkanes of at least 4 members (excludes halogenated alkanes) is 1. The van der Waals surface area contributed by atoms with Crippen molar-refractivity contribution in [3.05, 3.63) is 59.8 Å². The number of methoxy groups -OCH3 is 1. The van der Waals surface area contributed by atoms with Gasteiger partial charge in [0.25, 0.3) is 6.47 Å². The molecule has 0 aliphatic heterocycles. The van der Waals surface area contributed by atoms with Gasteiger partial charge in [0, 0.05) is 31.7 Å². The number of rotatable bonds is 10. The SMILES string of the molecule is COc1ccc2nc(Nc3cc(Cc4ccccc4)nc(NCCCCO)n3)sc2n1.O=CO. The van der Waals surface area contributed by atoms with E-state index in [1.807, 2.05) is 30.3 Å². The maximum atomic E-state index is 8.98. The van der Waals surface area contributed by atoms with Gasteiger partial charge in [0.1, 0.15) is 16.2 Å². The second-order valence-electron chi connectivity index (χ2n) is 7.02. The molecule has 0 aliphatic rings. The quantitative estimate of drug-likeness (QED) is 0.195. The number of nitrogens with zero attached hydrogens (tertiary/aromatic N) is 4. The molecule has 10 nitrogen and oxygen atoms in total. The minimum atomic E-state index is -0.250. The predicted molar refractivity (Wildman–Crippen MR) is 132 cm³/mol. The van der Waals surface area contributed by atoms with Crippen LogP contribution in [0.15, 0.2) is 48.5 Å². The Labute approximate surface area is 200 Å². The Morgan fingerprint density at radius 3 is 2.59 bits per heavy atom. The van der Waals surface area contributed by atoms with Crippen LogP contribution in [0.25, 0.3) is 10.3 Å². The van der Waals surface area contributed by atoms with Crippen LogP contribution in [0.4, 0.5) is 16.9 Å². The summed E-state index contributed by atoms with van der Waals surface area (Å²) in [6, 6.07) is 15.8. The number of pyridine rings is 1. The number of aliphatic hydroxyl groups is 1. The fraction of sp³-hybridized carbons (Fsp3) is 0.261. The van der Waals surface area contributed by atoms with Crippen molar-refractivity contribution in [1.29, 1.82) is 0 Å². The van der Waals surface area contributed by atoms with E-state index in [1.165, 1.54) is 16.9 Å². The van der Waals surface area contributed by atoms with Crippen molar-refractivity contribution in [2.75, 3.05) is 30.9 Å². The highest BCUT2D eigenvalue weighted by Gasteiger charge is 2.10. The molecule has 0 bridgehead atoms. The zero-order valence-corrected chi connectivity index (χ0v) is 19.5. The van der Waals surface area contributed by atoms with E-state index in [0.717, 1.165) is 28.9 Å². The van der Waals surface area contributed by atoms with Crippen LogP contribution in [0.3, 0.4) is 0 Å². The standard InChI is InChI=1S/C22H24N6O2S.CH2O2/c1-30-19-10-9-17-20(28-19)31-22(25-17)27-18-14-16(13-15-7-3-2-4-8-15)24-21(26-18)23-11-5-6-12-29;2-1-3/h2-4,7-10,14,29H,5-6,11-13H2,1H3,(H2,23,24,25,26,27);1H,(H,2,3). The third kappa shape index (κ3) is 7.36. The first kappa shape index (κ1) is 24.8. The second kappa shape index (κ2) is 13.0. The van der Waals surface area contributed by atoms with Crippen LogP contribution in [0, 0.1) is 0 Å². The molecule has 4 aromatic rings. The van der Waals surface area contributed by atoms with Crippen LogP contribution in [-0.2, 0) is 11.2 Å². The summed E-state index contributed by atoms with van der Waals surface area (Å²) in [5.74, 6) is 1.77. The van der Waals surface area contributed by atoms with Crippen molar-refractivity contribution >= 4 is 45.1 Å². The lowest BCUT2D eigenvalue weighted by atomic mass is 10.1. The molecule has 0 unspecified atom stereocenters. The van der Waals surface area contributed by atoms with Crippen LogP contribution in [0.2, 0.25) is 0 Å². The highest BCUT2D eigenvalue weighted by atomic mass is 32.1. The summed E-state index contributed by atoms with van der Waals surface area (Å²) in [5, 5.41) is 23.1. The predicted octanol–water partition coefficient (Wildman–Crippen LogP) is 3.71. The molecular formula is C23H26N6O4S. The number of nitrogens with one attached hydrogen (secondary N) is 2. The van der Waals surface area contributed by atoms with Gasteiger partial charge in [-0.1, -0.05) is 41.7 Å². The average Bonchev–Trinajstić information content (AvgIpc) is 3.24. The van der Waals surface area contributed by atoms with Gasteiger partial charge in [-0.3, -0.25) is 4.79 Å². The van der Waals surface area contributed by atoms with Gasteiger partial charge in [-0.2, -0.15) is 4.98 Å². The molecule has 0 amide bonds. The Morgan fingerprint density at radius 2 is 1.85 bits per heavy atom. The van der Waals surface area contributed by atoms with E-state index in [2.05, 4.69) is 42.7 Å². The van der Waals surface area contributed by atoms with Crippen molar-refractivity contribution in [3.8, 4) is 5.88 Å². The number of thiazole rings is 1. The third-order valence-corrected chi connectivity index (χ3v) is 5.43. The summed E-state index contributed by atoms with van der Waals surface area (Å²) in [5.41, 5.74) is 2.87. The van der Waals surface area contributed by atoms with Gasteiger partial charge in [-0.15, -0.1) is 0 Å². The van der Waals surface area contributed by atoms with E-state index in [-0.39, 0.29) is 13.1 Å². The zero-order valence-electron chi connectivity index (χ0n) is 18.6. The molecule has 3 aromatic heterocycles. The third-order valence-electron chi connectivity index (χ3n) is 4.55. The highest BCUT2D eigenvalue weighted by Crippen LogP contribution is 2.28. The molecule has 0 saturated heterocycles. The van der Waals surface area contributed by atoms with E-state index < -0.39 is 0 Å². The smallest absolute Gasteiger partial charge is 0.290 e. The first-order chi connectivity index (χ1) is 16.6. The molecule has 0 aliphatic carbocycles. The molecule has 0 saturated carbocycles. The van der Waals surface area contributed by atoms with Crippen molar-refractivity contribution in [1.82, 2.24) is 19.9 Å². The number of fused-ring (bicyclic) bond motifs is 1. The summed E-state index contributed by atoms with van der Waals surface area (Å²) in [7, 11) is 1.60. The maximum Gasteiger partial charge on any atom is 0.290 e. The molecule has 4 rings (SSSR count). The molecule has 11 heteroatoms. The molecule has 0 radical (unpaired) electrons. The summed E-state index contributed by atoms with van der Waals surface area (Å²) >= 11 is 1.44. The number of anilines is 3. The van der Waals surface area contributed by atoms with Crippen molar-refractivity contribution in [3.63, 3.8) is 0 Å². The summed E-state index contributed by atoms with van der Waals surface area (Å²) in [6.45, 7) is 0.624. The maximum absolute atomic E-state index is 8.98. The summed E-state index contributed by atoms with van der Waals surface area (Å²) in [4.78, 5) is 27.4. The fourth-order valence-corrected chi connectivity index (χ4v) is 3.89. The largest absolute Gasteiger partial charge is 0.483 e. The first-order valence-electron chi connectivity index (χ1n) is 10.6. The van der Waals surface area contributed by atoms with Crippen molar-refractivity contribution in [2.45, 2.75) is 19.3 Å². The number of ether oxygens (including phenoxy) is 1. The Morgan fingerprint density at radius 1 is 1.06 bits per heavy atom. The summed E-state index contributed by atoms with van der Waals surface area (Å²) < 4.78 is 5.20. The number of benzene rings is 1. The van der Waals surface area contributed by atoms with E-state index in [9.17, 15) is 0 Å². The van der Waals surface area contributed by atoms with Crippen LogP contribution in [0.1, 0.15) is 24.1 Å². The van der Waals surface area contributed by atoms with E-state index in [1.54, 1.807) is 13.2 Å². The molecule has 178 valence electrons. The molecule has 0 atom stereocenters.